The van der Waals surface area contributed by atoms with Gasteiger partial charge in [0, 0.05) is 28.0 Å². The monoisotopic (exact) mass is 429 g/mol. The molecule has 0 unspecified atom stereocenters. The van der Waals surface area contributed by atoms with E-state index in [0.717, 1.165) is 10.6 Å². The van der Waals surface area contributed by atoms with Gasteiger partial charge in [0.1, 0.15) is 23.8 Å². The number of benzene rings is 1. The van der Waals surface area contributed by atoms with Crippen molar-refractivity contribution in [2.45, 2.75) is 6.42 Å². The second-order valence-electron chi connectivity index (χ2n) is 4.94. The lowest BCUT2D eigenvalue weighted by molar-refractivity contribution is 0.555. The molecule has 2 heterocycles. The average Bonchev–Trinajstić information content (AvgIpc) is 2.97. The number of nitrogens with one attached hydrogen (secondary N) is 1. The van der Waals surface area contributed by atoms with Crippen LogP contribution < -0.4 is 5.32 Å². The van der Waals surface area contributed by atoms with Gasteiger partial charge in [-0.3, -0.25) is 0 Å². The highest BCUT2D eigenvalue weighted by atomic mass is 79.9. The van der Waals surface area contributed by atoms with E-state index in [0.29, 0.717) is 21.9 Å². The molecule has 0 bridgehead atoms. The van der Waals surface area contributed by atoms with Crippen LogP contribution >= 0.6 is 38.9 Å². The number of hydrogen-bond donors (Lipinski definition) is 1. The number of rotatable bonds is 5. The molecule has 0 spiro atoms. The predicted octanol–water partition coefficient (Wildman–Crippen LogP) is 5.55. The van der Waals surface area contributed by atoms with E-state index in [1.807, 2.05) is 11.4 Å². The zero-order valence-corrected chi connectivity index (χ0v) is 15.4. The van der Waals surface area contributed by atoms with Crippen LogP contribution in [-0.2, 0) is 6.42 Å². The van der Waals surface area contributed by atoms with Crippen molar-refractivity contribution in [2.24, 2.45) is 0 Å². The van der Waals surface area contributed by atoms with E-state index in [1.165, 1.54) is 29.8 Å². The van der Waals surface area contributed by atoms with E-state index in [4.69, 9.17) is 11.6 Å². The molecule has 2 aromatic heterocycles. The van der Waals surface area contributed by atoms with Crippen molar-refractivity contribution >= 4 is 44.7 Å². The predicted molar refractivity (Wildman–Crippen MR) is 96.6 cm³/mol. The fourth-order valence-corrected chi connectivity index (χ4v) is 3.61. The van der Waals surface area contributed by atoms with Gasteiger partial charge in [0.25, 0.3) is 0 Å². The number of thiophene rings is 1. The maximum absolute atomic E-state index is 13.8. The zero-order chi connectivity index (χ0) is 17.1. The quantitative estimate of drug-likeness (QED) is 0.576. The van der Waals surface area contributed by atoms with Gasteiger partial charge in [0.15, 0.2) is 0 Å². The summed E-state index contributed by atoms with van der Waals surface area (Å²) in [4.78, 5) is 9.25. The second kappa shape index (κ2) is 7.55. The number of hydrogen-bond acceptors (Lipinski definition) is 4. The molecule has 3 nitrogen and oxygen atoms in total. The van der Waals surface area contributed by atoms with Crippen molar-refractivity contribution in [1.82, 2.24) is 9.97 Å². The van der Waals surface area contributed by atoms with E-state index in [2.05, 4.69) is 31.2 Å². The van der Waals surface area contributed by atoms with Crippen LogP contribution in [0.1, 0.15) is 5.56 Å². The summed E-state index contributed by atoms with van der Waals surface area (Å²) >= 11 is 10.5. The van der Waals surface area contributed by atoms with Crippen molar-refractivity contribution in [1.29, 1.82) is 0 Å². The maximum atomic E-state index is 13.8. The van der Waals surface area contributed by atoms with Gasteiger partial charge in [-0.05, 0) is 24.6 Å². The van der Waals surface area contributed by atoms with Crippen molar-refractivity contribution in [3.05, 3.63) is 62.7 Å². The minimum atomic E-state index is -0.569. The molecular weight excluding hydrogens is 420 g/mol. The molecule has 3 aromatic rings. The number of halogens is 4. The van der Waals surface area contributed by atoms with Crippen LogP contribution in [0.2, 0.25) is 5.02 Å². The standard InChI is InChI=1S/C16H11BrClF2N3S/c17-9-3-12(19)11(13(20)4-9)1-2-21-16-6-14(22-8-23-16)15-5-10(18)7-24-15/h3-8H,1-2H2,(H,21,22,23). The van der Waals surface area contributed by atoms with Crippen molar-refractivity contribution in [3.63, 3.8) is 0 Å². The first kappa shape index (κ1) is 17.3. The minimum absolute atomic E-state index is 0.0463. The third kappa shape index (κ3) is 4.09. The highest BCUT2D eigenvalue weighted by Crippen LogP contribution is 2.28. The molecule has 0 saturated heterocycles. The lowest BCUT2D eigenvalue weighted by Gasteiger charge is -2.08. The molecule has 8 heteroatoms. The zero-order valence-electron chi connectivity index (χ0n) is 12.2. The van der Waals surface area contributed by atoms with Crippen LogP contribution in [0.5, 0.6) is 0 Å². The molecule has 0 amide bonds. The Bertz CT molecular complexity index is 849. The van der Waals surface area contributed by atoms with Crippen LogP contribution in [0, 0.1) is 11.6 Å². The van der Waals surface area contributed by atoms with Gasteiger partial charge in [-0.25, -0.2) is 18.7 Å². The van der Waals surface area contributed by atoms with Gasteiger partial charge in [-0.15, -0.1) is 11.3 Å². The second-order valence-corrected chi connectivity index (χ2v) is 7.21. The molecule has 0 radical (unpaired) electrons. The fraction of sp³-hybridized carbons (Fsp3) is 0.125. The minimum Gasteiger partial charge on any atom is -0.370 e. The SMILES string of the molecule is Fc1cc(Br)cc(F)c1CCNc1cc(-c2cc(Cl)cs2)ncn1. The summed E-state index contributed by atoms with van der Waals surface area (Å²) < 4.78 is 28.0. The van der Waals surface area contributed by atoms with E-state index in [9.17, 15) is 8.78 Å². The van der Waals surface area contributed by atoms with Crippen LogP contribution in [0.25, 0.3) is 10.6 Å². The molecule has 1 N–H and O–H groups in total. The molecule has 0 aliphatic heterocycles. The van der Waals surface area contributed by atoms with E-state index in [-0.39, 0.29) is 12.0 Å². The largest absolute Gasteiger partial charge is 0.370 e. The van der Waals surface area contributed by atoms with Crippen LogP contribution in [-0.4, -0.2) is 16.5 Å². The van der Waals surface area contributed by atoms with E-state index >= 15 is 0 Å². The van der Waals surface area contributed by atoms with E-state index < -0.39 is 11.6 Å². The first-order chi connectivity index (χ1) is 11.5. The number of nitrogens with zero attached hydrogens (tertiary/aromatic N) is 2. The van der Waals surface area contributed by atoms with Crippen molar-refractivity contribution < 1.29 is 8.78 Å². The van der Waals surface area contributed by atoms with Gasteiger partial charge in [-0.1, -0.05) is 27.5 Å². The summed E-state index contributed by atoms with van der Waals surface area (Å²) in [5, 5.41) is 5.54. The molecule has 0 fully saturated rings. The molecule has 0 atom stereocenters. The first-order valence-corrected chi connectivity index (χ1v) is 9.02. The molecule has 0 saturated carbocycles. The third-order valence-corrected chi connectivity index (χ3v) is 5.03. The lowest BCUT2D eigenvalue weighted by Crippen LogP contribution is -2.09. The Labute approximate surface area is 154 Å². The molecule has 124 valence electrons. The molecule has 24 heavy (non-hydrogen) atoms. The topological polar surface area (TPSA) is 37.8 Å². The fourth-order valence-electron chi connectivity index (χ4n) is 2.16. The van der Waals surface area contributed by atoms with Gasteiger partial charge >= 0.3 is 0 Å². The lowest BCUT2D eigenvalue weighted by atomic mass is 10.1. The Morgan fingerprint density at radius 3 is 2.54 bits per heavy atom. The highest BCUT2D eigenvalue weighted by Gasteiger charge is 2.10. The number of anilines is 1. The van der Waals surface area contributed by atoms with Crippen LogP contribution in [0.4, 0.5) is 14.6 Å². The Balaban J connectivity index is 1.67. The summed E-state index contributed by atoms with van der Waals surface area (Å²) in [7, 11) is 0. The first-order valence-electron chi connectivity index (χ1n) is 6.96. The Kier molecular flexibility index (Phi) is 5.43. The average molecular weight is 431 g/mol. The third-order valence-electron chi connectivity index (χ3n) is 3.27. The number of aromatic nitrogens is 2. The maximum Gasteiger partial charge on any atom is 0.130 e. The molecule has 3 rings (SSSR count). The van der Waals surface area contributed by atoms with Crippen molar-refractivity contribution in [2.75, 3.05) is 11.9 Å². The Morgan fingerprint density at radius 2 is 1.88 bits per heavy atom. The normalized spacial score (nSPS) is 10.8. The van der Waals surface area contributed by atoms with Crippen LogP contribution in [0.3, 0.4) is 0 Å². The summed E-state index contributed by atoms with van der Waals surface area (Å²) in [6.45, 7) is 0.344. The van der Waals surface area contributed by atoms with Gasteiger partial charge in [-0.2, -0.15) is 0 Å². The molecule has 0 aliphatic carbocycles. The van der Waals surface area contributed by atoms with Gasteiger partial charge in [0.2, 0.25) is 0 Å². The Hall–Kier alpha value is -1.57. The molecular formula is C16H11BrClF2N3S. The summed E-state index contributed by atoms with van der Waals surface area (Å²) in [5.41, 5.74) is 0.787. The Morgan fingerprint density at radius 1 is 1.12 bits per heavy atom. The van der Waals surface area contributed by atoms with Gasteiger partial charge in [0.05, 0.1) is 15.6 Å². The van der Waals surface area contributed by atoms with Crippen molar-refractivity contribution in [3.8, 4) is 10.6 Å². The highest BCUT2D eigenvalue weighted by molar-refractivity contribution is 9.10. The smallest absolute Gasteiger partial charge is 0.130 e. The molecule has 0 aliphatic rings. The summed E-state index contributed by atoms with van der Waals surface area (Å²) in [6, 6.07) is 6.10. The summed E-state index contributed by atoms with van der Waals surface area (Å²) in [6.07, 6.45) is 1.64. The van der Waals surface area contributed by atoms with Crippen LogP contribution in [0.15, 0.2) is 40.4 Å². The summed E-state index contributed by atoms with van der Waals surface area (Å²) in [5.74, 6) is -0.553. The van der Waals surface area contributed by atoms with Gasteiger partial charge < -0.3 is 5.32 Å². The van der Waals surface area contributed by atoms with E-state index in [1.54, 1.807) is 6.07 Å². The molecule has 1 aromatic carbocycles.